The Morgan fingerprint density at radius 2 is 2.15 bits per heavy atom. The molecule has 1 aromatic heterocycles. The summed E-state index contributed by atoms with van der Waals surface area (Å²) in [5, 5.41) is 3.57. The van der Waals surface area contributed by atoms with Gasteiger partial charge in [-0.15, -0.1) is 11.3 Å². The lowest BCUT2D eigenvalue weighted by Crippen LogP contribution is -2.21. The third-order valence-corrected chi connectivity index (χ3v) is 5.52. The average molecular weight is 354 g/mol. The van der Waals surface area contributed by atoms with Crippen LogP contribution in [-0.4, -0.2) is 6.54 Å². The van der Waals surface area contributed by atoms with Crippen molar-refractivity contribution < 1.29 is 4.39 Å². The highest BCUT2D eigenvalue weighted by molar-refractivity contribution is 9.10. The number of nitrogens with one attached hydrogen (secondary N) is 1. The van der Waals surface area contributed by atoms with E-state index in [9.17, 15) is 4.39 Å². The molecule has 1 N–H and O–H groups in total. The fourth-order valence-corrected chi connectivity index (χ4v) is 3.89. The van der Waals surface area contributed by atoms with E-state index in [1.807, 2.05) is 6.07 Å². The van der Waals surface area contributed by atoms with E-state index < -0.39 is 0 Å². The number of hydrogen-bond acceptors (Lipinski definition) is 2. The highest BCUT2D eigenvalue weighted by Crippen LogP contribution is 2.44. The third kappa shape index (κ3) is 2.97. The first-order valence-corrected chi connectivity index (χ1v) is 8.58. The van der Waals surface area contributed by atoms with Crippen LogP contribution in [0.15, 0.2) is 34.8 Å². The molecule has 1 aliphatic rings. The van der Waals surface area contributed by atoms with E-state index in [0.717, 1.165) is 22.9 Å². The molecule has 1 saturated carbocycles. The first-order chi connectivity index (χ1) is 9.69. The van der Waals surface area contributed by atoms with Gasteiger partial charge in [0.05, 0.1) is 4.47 Å². The van der Waals surface area contributed by atoms with Crippen molar-refractivity contribution in [3.05, 3.63) is 45.5 Å². The maximum Gasteiger partial charge on any atom is 0.138 e. The summed E-state index contributed by atoms with van der Waals surface area (Å²) >= 11 is 4.97. The molecule has 2 aromatic rings. The Morgan fingerprint density at radius 1 is 1.35 bits per heavy atom. The van der Waals surface area contributed by atoms with Crippen LogP contribution in [0.3, 0.4) is 0 Å². The summed E-state index contributed by atoms with van der Waals surface area (Å²) in [6.07, 6.45) is 2.63. The summed E-state index contributed by atoms with van der Waals surface area (Å²) in [7, 11) is 0. The second kappa shape index (κ2) is 5.96. The van der Waals surface area contributed by atoms with Crippen LogP contribution < -0.4 is 5.32 Å². The van der Waals surface area contributed by atoms with Crippen molar-refractivity contribution in [1.82, 2.24) is 5.32 Å². The lowest BCUT2D eigenvalue weighted by molar-refractivity contribution is 0.504. The summed E-state index contributed by atoms with van der Waals surface area (Å²) in [5.41, 5.74) is 0.952. The lowest BCUT2D eigenvalue weighted by Gasteiger charge is -2.15. The van der Waals surface area contributed by atoms with Crippen LogP contribution in [0.1, 0.15) is 30.7 Å². The topological polar surface area (TPSA) is 12.0 Å². The molecule has 106 valence electrons. The molecule has 1 unspecified atom stereocenters. The van der Waals surface area contributed by atoms with Gasteiger partial charge in [0.15, 0.2) is 0 Å². The van der Waals surface area contributed by atoms with E-state index in [1.54, 1.807) is 23.5 Å². The minimum Gasteiger partial charge on any atom is -0.309 e. The first-order valence-electron chi connectivity index (χ1n) is 6.97. The molecule has 20 heavy (non-hydrogen) atoms. The first kappa shape index (κ1) is 14.2. The molecule has 4 heteroatoms. The van der Waals surface area contributed by atoms with E-state index in [1.165, 1.54) is 17.7 Å². The number of rotatable bonds is 5. The molecule has 0 radical (unpaired) electrons. The molecular formula is C16H17BrFNS. The van der Waals surface area contributed by atoms with E-state index >= 15 is 0 Å². The number of thiophene rings is 1. The largest absolute Gasteiger partial charge is 0.309 e. The molecule has 3 rings (SSSR count). The molecule has 1 nitrogen and oxygen atoms in total. The minimum atomic E-state index is -0.206. The van der Waals surface area contributed by atoms with Crippen LogP contribution in [0.4, 0.5) is 4.39 Å². The summed E-state index contributed by atoms with van der Waals surface area (Å²) in [6.45, 7) is 3.13. The molecule has 1 atom stereocenters. The smallest absolute Gasteiger partial charge is 0.138 e. The van der Waals surface area contributed by atoms with Crippen molar-refractivity contribution in [2.75, 3.05) is 6.54 Å². The van der Waals surface area contributed by atoms with Gasteiger partial charge in [-0.1, -0.05) is 13.0 Å². The van der Waals surface area contributed by atoms with Gasteiger partial charge >= 0.3 is 0 Å². The fourth-order valence-electron chi connectivity index (χ4n) is 2.47. The summed E-state index contributed by atoms with van der Waals surface area (Å²) in [6, 6.07) is 10.1. The quantitative estimate of drug-likeness (QED) is 0.760. The van der Waals surface area contributed by atoms with Crippen LogP contribution in [0.2, 0.25) is 0 Å². The number of benzene rings is 1. The second-order valence-corrected chi connectivity index (χ2v) is 7.17. The summed E-state index contributed by atoms with van der Waals surface area (Å²) in [4.78, 5) is 2.50. The Balaban J connectivity index is 1.86. The van der Waals surface area contributed by atoms with Crippen molar-refractivity contribution in [3.8, 4) is 10.4 Å². The fraction of sp³-hybridized carbons (Fsp3) is 0.375. The molecule has 1 fully saturated rings. The van der Waals surface area contributed by atoms with Crippen LogP contribution in [0.5, 0.6) is 0 Å². The number of hydrogen-bond donors (Lipinski definition) is 1. The Bertz CT molecular complexity index is 606. The van der Waals surface area contributed by atoms with Crippen molar-refractivity contribution in [1.29, 1.82) is 0 Å². The van der Waals surface area contributed by atoms with Gasteiger partial charge in [0.25, 0.3) is 0 Å². The van der Waals surface area contributed by atoms with Gasteiger partial charge in [-0.2, -0.15) is 0 Å². The van der Waals surface area contributed by atoms with Crippen LogP contribution >= 0.6 is 27.3 Å². The lowest BCUT2D eigenvalue weighted by atomic mass is 10.1. The zero-order valence-corrected chi connectivity index (χ0v) is 13.7. The van der Waals surface area contributed by atoms with Gasteiger partial charge in [0.2, 0.25) is 0 Å². The van der Waals surface area contributed by atoms with Crippen molar-refractivity contribution >= 4 is 27.3 Å². The Labute approximate surface area is 131 Å². The van der Waals surface area contributed by atoms with E-state index in [2.05, 4.69) is 40.3 Å². The van der Waals surface area contributed by atoms with Gasteiger partial charge in [-0.05, 0) is 71.1 Å². The van der Waals surface area contributed by atoms with Crippen molar-refractivity contribution in [3.63, 3.8) is 0 Å². The van der Waals surface area contributed by atoms with Gasteiger partial charge in [-0.25, -0.2) is 4.39 Å². The molecule has 1 aliphatic carbocycles. The van der Waals surface area contributed by atoms with E-state index in [4.69, 9.17) is 0 Å². The van der Waals surface area contributed by atoms with Crippen LogP contribution in [0, 0.1) is 11.7 Å². The van der Waals surface area contributed by atoms with Crippen molar-refractivity contribution in [2.45, 2.75) is 25.8 Å². The molecular weight excluding hydrogens is 337 g/mol. The van der Waals surface area contributed by atoms with Crippen LogP contribution in [-0.2, 0) is 0 Å². The standard InChI is InChI=1S/C16H17BrFNS/c1-2-19-16(10-3-4-10)15-8-7-14(20-15)11-5-6-12(17)13(18)9-11/h5-10,16,19H,2-4H2,1H3. The molecule has 1 heterocycles. The molecule has 0 amide bonds. The highest BCUT2D eigenvalue weighted by atomic mass is 79.9. The van der Waals surface area contributed by atoms with Gasteiger partial charge < -0.3 is 5.32 Å². The van der Waals surface area contributed by atoms with Crippen LogP contribution in [0.25, 0.3) is 10.4 Å². The van der Waals surface area contributed by atoms with Gasteiger partial charge in [-0.3, -0.25) is 0 Å². The van der Waals surface area contributed by atoms with E-state index in [0.29, 0.717) is 10.5 Å². The SMILES string of the molecule is CCNC(c1ccc(-c2ccc(Br)c(F)c2)s1)C1CC1. The predicted molar refractivity (Wildman–Crippen MR) is 86.6 cm³/mol. The molecule has 0 bridgehead atoms. The zero-order valence-electron chi connectivity index (χ0n) is 11.3. The minimum absolute atomic E-state index is 0.206. The highest BCUT2D eigenvalue weighted by Gasteiger charge is 2.32. The zero-order chi connectivity index (χ0) is 14.1. The summed E-state index contributed by atoms with van der Waals surface area (Å²) < 4.78 is 14.1. The summed E-state index contributed by atoms with van der Waals surface area (Å²) in [5.74, 6) is 0.575. The maximum atomic E-state index is 13.6. The predicted octanol–water partition coefficient (Wildman–Crippen LogP) is 5.38. The van der Waals surface area contributed by atoms with Gasteiger partial charge in [0.1, 0.15) is 5.82 Å². The molecule has 0 saturated heterocycles. The van der Waals surface area contributed by atoms with Crippen molar-refractivity contribution in [2.24, 2.45) is 5.92 Å². The molecule has 1 aromatic carbocycles. The Hall–Kier alpha value is -0.710. The van der Waals surface area contributed by atoms with Gasteiger partial charge in [0, 0.05) is 15.8 Å². The Kier molecular flexibility index (Phi) is 4.24. The monoisotopic (exact) mass is 353 g/mol. The normalized spacial score (nSPS) is 16.4. The average Bonchev–Trinajstić information content (AvgIpc) is 3.16. The molecule has 0 aliphatic heterocycles. The number of halogens is 2. The third-order valence-electron chi connectivity index (χ3n) is 3.65. The Morgan fingerprint density at radius 3 is 2.80 bits per heavy atom. The maximum absolute atomic E-state index is 13.6. The molecule has 0 spiro atoms. The second-order valence-electron chi connectivity index (χ2n) is 5.20. The van der Waals surface area contributed by atoms with E-state index in [-0.39, 0.29) is 5.82 Å².